The molecule has 0 bridgehead atoms. The predicted molar refractivity (Wildman–Crippen MR) is 90.8 cm³/mol. The van der Waals surface area contributed by atoms with E-state index in [9.17, 15) is 9.59 Å². The summed E-state index contributed by atoms with van der Waals surface area (Å²) in [6.45, 7) is 4.96. The minimum Gasteiger partial charge on any atom is -0.465 e. The van der Waals surface area contributed by atoms with Crippen LogP contribution >= 0.6 is 0 Å². The summed E-state index contributed by atoms with van der Waals surface area (Å²) in [6.07, 6.45) is 14.5. The number of carbonyl (C=O) groups excluding carboxylic acids is 2. The van der Waals surface area contributed by atoms with Crippen molar-refractivity contribution in [3.05, 3.63) is 36.0 Å². The molecule has 128 valence electrons. The molecule has 1 unspecified atom stereocenters. The molecule has 0 fully saturated rings. The number of esters is 2. The molecule has 0 heterocycles. The number of ether oxygens (including phenoxy) is 2. The average molecular weight is 320 g/mol. The van der Waals surface area contributed by atoms with Crippen LogP contribution in [0, 0.1) is 5.92 Å². The van der Waals surface area contributed by atoms with Crippen LogP contribution in [0.1, 0.15) is 52.4 Å². The molecule has 1 aliphatic carbocycles. The van der Waals surface area contributed by atoms with Crippen molar-refractivity contribution in [2.24, 2.45) is 5.92 Å². The average Bonchev–Trinajstić information content (AvgIpc) is 2.81. The Hall–Kier alpha value is -1.84. The van der Waals surface area contributed by atoms with Crippen molar-refractivity contribution in [3.8, 4) is 0 Å². The normalized spacial score (nSPS) is 16.6. The van der Waals surface area contributed by atoms with Crippen molar-refractivity contribution in [1.82, 2.24) is 0 Å². The molecule has 0 radical (unpaired) electrons. The maximum atomic E-state index is 12.3. The van der Waals surface area contributed by atoms with Crippen molar-refractivity contribution in [2.75, 3.05) is 13.2 Å². The summed E-state index contributed by atoms with van der Waals surface area (Å²) >= 11 is 0. The van der Waals surface area contributed by atoms with Crippen LogP contribution in [0.5, 0.6) is 0 Å². The predicted octanol–water partition coefficient (Wildman–Crippen LogP) is 4.12. The van der Waals surface area contributed by atoms with E-state index in [-0.39, 0.29) is 0 Å². The Bertz CT molecular complexity index is 460. The molecule has 1 aliphatic rings. The lowest BCUT2D eigenvalue weighted by Gasteiger charge is -2.15. The SMILES string of the molecule is CCCCCOC(=O)C1=CC=CC=CC1C(=O)OCCCCC. The van der Waals surface area contributed by atoms with E-state index in [1.165, 1.54) is 0 Å². The van der Waals surface area contributed by atoms with E-state index in [1.807, 2.05) is 0 Å². The first-order chi connectivity index (χ1) is 11.2. The van der Waals surface area contributed by atoms with Gasteiger partial charge in [0.2, 0.25) is 0 Å². The lowest BCUT2D eigenvalue weighted by Crippen LogP contribution is -2.24. The van der Waals surface area contributed by atoms with Gasteiger partial charge in [-0.05, 0) is 12.8 Å². The zero-order valence-corrected chi connectivity index (χ0v) is 14.3. The van der Waals surface area contributed by atoms with Gasteiger partial charge in [-0.3, -0.25) is 4.79 Å². The van der Waals surface area contributed by atoms with E-state index >= 15 is 0 Å². The van der Waals surface area contributed by atoms with Crippen LogP contribution in [0.25, 0.3) is 0 Å². The first-order valence-electron chi connectivity index (χ1n) is 8.59. The molecular formula is C19H28O4. The Morgan fingerprint density at radius 1 is 0.913 bits per heavy atom. The van der Waals surface area contributed by atoms with E-state index in [2.05, 4.69) is 13.8 Å². The van der Waals surface area contributed by atoms with Gasteiger partial charge in [-0.25, -0.2) is 4.79 Å². The van der Waals surface area contributed by atoms with Crippen LogP contribution in [0.15, 0.2) is 36.0 Å². The number of hydrogen-bond donors (Lipinski definition) is 0. The van der Waals surface area contributed by atoms with Crippen molar-refractivity contribution >= 4 is 11.9 Å². The van der Waals surface area contributed by atoms with Gasteiger partial charge in [-0.2, -0.15) is 0 Å². The molecule has 0 aromatic heterocycles. The van der Waals surface area contributed by atoms with Gasteiger partial charge in [0, 0.05) is 0 Å². The third kappa shape index (κ3) is 7.31. The standard InChI is InChI=1S/C19H28O4/c1-3-5-10-14-22-18(20)16-12-8-7-9-13-17(16)19(21)23-15-11-6-4-2/h7-9,12-13,16H,3-6,10-11,14-15H2,1-2H3. The Balaban J connectivity index is 2.60. The number of allylic oxidation sites excluding steroid dienone is 4. The minimum atomic E-state index is -0.690. The molecule has 1 atom stereocenters. The second-order valence-electron chi connectivity index (χ2n) is 5.59. The van der Waals surface area contributed by atoms with Gasteiger partial charge in [0.25, 0.3) is 0 Å². The van der Waals surface area contributed by atoms with Crippen LogP contribution in [-0.2, 0) is 19.1 Å². The Labute approximate surface area is 139 Å². The monoisotopic (exact) mass is 320 g/mol. The summed E-state index contributed by atoms with van der Waals surface area (Å²) in [4.78, 5) is 24.5. The lowest BCUT2D eigenvalue weighted by molar-refractivity contribution is -0.149. The first-order valence-corrected chi connectivity index (χ1v) is 8.59. The number of rotatable bonds is 10. The molecule has 0 spiro atoms. The van der Waals surface area contributed by atoms with Gasteiger partial charge in [0.1, 0.15) is 5.92 Å². The second kappa shape index (κ2) is 11.7. The third-order valence-corrected chi connectivity index (χ3v) is 3.60. The molecule has 0 aromatic carbocycles. The number of carbonyl (C=O) groups is 2. The fraction of sp³-hybridized carbons (Fsp3) is 0.579. The molecule has 4 heteroatoms. The van der Waals surface area contributed by atoms with E-state index < -0.39 is 17.9 Å². The molecule has 0 amide bonds. The van der Waals surface area contributed by atoms with E-state index in [4.69, 9.17) is 9.47 Å². The highest BCUT2D eigenvalue weighted by atomic mass is 16.5. The zero-order valence-electron chi connectivity index (χ0n) is 14.3. The van der Waals surface area contributed by atoms with Crippen LogP contribution in [0.2, 0.25) is 0 Å². The summed E-state index contributed by atoms with van der Waals surface area (Å²) in [6, 6.07) is 0. The maximum Gasteiger partial charge on any atom is 0.335 e. The molecular weight excluding hydrogens is 292 g/mol. The quantitative estimate of drug-likeness (QED) is 0.449. The van der Waals surface area contributed by atoms with Gasteiger partial charge in [-0.1, -0.05) is 69.9 Å². The molecule has 0 saturated heterocycles. The molecule has 1 rings (SSSR count). The van der Waals surface area contributed by atoms with Gasteiger partial charge in [0.05, 0.1) is 18.8 Å². The van der Waals surface area contributed by atoms with E-state index in [0.717, 1.165) is 38.5 Å². The molecule has 0 aliphatic heterocycles. The van der Waals surface area contributed by atoms with Crippen LogP contribution in [0.3, 0.4) is 0 Å². The summed E-state index contributed by atoms with van der Waals surface area (Å²) < 4.78 is 10.6. The number of hydrogen-bond acceptors (Lipinski definition) is 4. The minimum absolute atomic E-state index is 0.340. The summed E-state index contributed by atoms with van der Waals surface area (Å²) in [5.74, 6) is -1.52. The third-order valence-electron chi connectivity index (χ3n) is 3.60. The molecule has 0 saturated carbocycles. The Morgan fingerprint density at radius 2 is 1.57 bits per heavy atom. The van der Waals surface area contributed by atoms with Crippen molar-refractivity contribution in [2.45, 2.75) is 52.4 Å². The van der Waals surface area contributed by atoms with Gasteiger partial charge >= 0.3 is 11.9 Å². The molecule has 4 nitrogen and oxygen atoms in total. The number of unbranched alkanes of at least 4 members (excludes halogenated alkanes) is 4. The van der Waals surface area contributed by atoms with E-state index in [1.54, 1.807) is 30.4 Å². The summed E-state index contributed by atoms with van der Waals surface area (Å²) in [7, 11) is 0. The van der Waals surface area contributed by atoms with Crippen molar-refractivity contribution < 1.29 is 19.1 Å². The highest BCUT2D eigenvalue weighted by Crippen LogP contribution is 2.20. The fourth-order valence-electron chi connectivity index (χ4n) is 2.22. The van der Waals surface area contributed by atoms with Gasteiger partial charge in [0.15, 0.2) is 0 Å². The van der Waals surface area contributed by atoms with Crippen molar-refractivity contribution in [3.63, 3.8) is 0 Å². The van der Waals surface area contributed by atoms with Crippen LogP contribution in [0.4, 0.5) is 0 Å². The smallest absolute Gasteiger partial charge is 0.335 e. The zero-order chi connectivity index (χ0) is 16.9. The Kier molecular flexibility index (Phi) is 9.76. The summed E-state index contributed by atoms with van der Waals surface area (Å²) in [5.41, 5.74) is 0.340. The van der Waals surface area contributed by atoms with Gasteiger partial charge < -0.3 is 9.47 Å². The van der Waals surface area contributed by atoms with E-state index in [0.29, 0.717) is 18.8 Å². The molecule has 0 N–H and O–H groups in total. The molecule has 23 heavy (non-hydrogen) atoms. The topological polar surface area (TPSA) is 52.6 Å². The van der Waals surface area contributed by atoms with Crippen LogP contribution in [-0.4, -0.2) is 25.2 Å². The van der Waals surface area contributed by atoms with Crippen LogP contribution < -0.4 is 0 Å². The summed E-state index contributed by atoms with van der Waals surface area (Å²) in [5, 5.41) is 0. The molecule has 0 aromatic rings. The van der Waals surface area contributed by atoms with Crippen molar-refractivity contribution in [1.29, 1.82) is 0 Å². The maximum absolute atomic E-state index is 12.3. The second-order valence-corrected chi connectivity index (χ2v) is 5.59. The highest BCUT2D eigenvalue weighted by Gasteiger charge is 2.28. The Morgan fingerprint density at radius 3 is 2.22 bits per heavy atom. The lowest BCUT2D eigenvalue weighted by atomic mass is 9.99. The van der Waals surface area contributed by atoms with Gasteiger partial charge in [-0.15, -0.1) is 0 Å². The fourth-order valence-corrected chi connectivity index (χ4v) is 2.22. The first kappa shape index (κ1) is 19.2. The highest BCUT2D eigenvalue weighted by molar-refractivity contribution is 5.97. The largest absolute Gasteiger partial charge is 0.465 e.